The lowest BCUT2D eigenvalue weighted by Gasteiger charge is -2.15. The zero-order valence-corrected chi connectivity index (χ0v) is 9.09. The summed E-state index contributed by atoms with van der Waals surface area (Å²) >= 11 is 1.62. The molecule has 0 saturated carbocycles. The Balaban J connectivity index is 2.23. The van der Waals surface area contributed by atoms with E-state index in [9.17, 15) is 9.90 Å². The van der Waals surface area contributed by atoms with Crippen molar-refractivity contribution in [1.29, 1.82) is 0 Å². The monoisotopic (exact) mass is 226 g/mol. The summed E-state index contributed by atoms with van der Waals surface area (Å²) in [5, 5.41) is 14.4. The number of primary amides is 1. The molecular weight excluding hydrogens is 212 g/mol. The van der Waals surface area contributed by atoms with Crippen LogP contribution in [0.2, 0.25) is 0 Å². The standard InChI is InChI=1S/C10H14N2O2S/c11-10(14)12-8-2-1-6(13)5-9-7(8)3-4-15-9/h3-4,6,8,13H,1-2,5H2,(H3,11,12,14)/t6-,8-/m1/s1. The van der Waals surface area contributed by atoms with Crippen LogP contribution in [0.4, 0.5) is 4.79 Å². The topological polar surface area (TPSA) is 75.4 Å². The van der Waals surface area contributed by atoms with Crippen LogP contribution in [0.25, 0.3) is 0 Å². The molecule has 0 spiro atoms. The van der Waals surface area contributed by atoms with E-state index < -0.39 is 6.03 Å². The number of amides is 2. The van der Waals surface area contributed by atoms with Crippen molar-refractivity contribution >= 4 is 17.4 Å². The van der Waals surface area contributed by atoms with E-state index in [-0.39, 0.29) is 12.1 Å². The fraction of sp³-hybridized carbons (Fsp3) is 0.500. The number of rotatable bonds is 1. The maximum Gasteiger partial charge on any atom is 0.312 e. The van der Waals surface area contributed by atoms with Crippen molar-refractivity contribution in [3.05, 3.63) is 21.9 Å². The number of hydrogen-bond donors (Lipinski definition) is 3. The van der Waals surface area contributed by atoms with Gasteiger partial charge in [0.1, 0.15) is 0 Å². The SMILES string of the molecule is NC(=O)N[C@@H]1CC[C@@H](O)Cc2sccc21. The molecule has 4 N–H and O–H groups in total. The number of urea groups is 1. The molecule has 2 amide bonds. The number of fused-ring (bicyclic) bond motifs is 1. The Bertz CT molecular complexity index is 364. The first-order valence-electron chi connectivity index (χ1n) is 4.97. The predicted octanol–water partition coefficient (Wildman–Crippen LogP) is 1.15. The van der Waals surface area contributed by atoms with Crippen LogP contribution < -0.4 is 11.1 Å². The molecule has 82 valence electrons. The number of nitrogens with two attached hydrogens (primary N) is 1. The highest BCUT2D eigenvalue weighted by Gasteiger charge is 2.24. The van der Waals surface area contributed by atoms with Gasteiger partial charge in [0.2, 0.25) is 0 Å². The maximum atomic E-state index is 10.8. The van der Waals surface area contributed by atoms with Crippen LogP contribution >= 0.6 is 11.3 Å². The Morgan fingerprint density at radius 1 is 1.60 bits per heavy atom. The quantitative estimate of drug-likeness (QED) is 0.628. The van der Waals surface area contributed by atoms with Gasteiger partial charge >= 0.3 is 6.03 Å². The van der Waals surface area contributed by atoms with Crippen LogP contribution in [0.1, 0.15) is 29.3 Å². The molecule has 0 fully saturated rings. The Morgan fingerprint density at radius 3 is 3.13 bits per heavy atom. The van der Waals surface area contributed by atoms with Crippen LogP contribution in [0, 0.1) is 0 Å². The molecule has 0 aromatic carbocycles. The molecule has 4 nitrogen and oxygen atoms in total. The predicted molar refractivity (Wildman–Crippen MR) is 58.7 cm³/mol. The largest absolute Gasteiger partial charge is 0.393 e. The van der Waals surface area contributed by atoms with Gasteiger partial charge in [-0.05, 0) is 29.9 Å². The Hall–Kier alpha value is -1.07. The van der Waals surface area contributed by atoms with E-state index in [4.69, 9.17) is 5.73 Å². The fourth-order valence-electron chi connectivity index (χ4n) is 1.98. The molecule has 1 aromatic heterocycles. The number of hydrogen-bond acceptors (Lipinski definition) is 3. The molecule has 0 aliphatic heterocycles. The van der Waals surface area contributed by atoms with Gasteiger partial charge in [-0.3, -0.25) is 0 Å². The lowest BCUT2D eigenvalue weighted by molar-refractivity contribution is 0.162. The normalized spacial score (nSPS) is 25.4. The van der Waals surface area contributed by atoms with Gasteiger partial charge in [-0.1, -0.05) is 0 Å². The zero-order chi connectivity index (χ0) is 10.8. The van der Waals surface area contributed by atoms with E-state index in [1.54, 1.807) is 11.3 Å². The summed E-state index contributed by atoms with van der Waals surface area (Å²) in [5.74, 6) is 0. The van der Waals surface area contributed by atoms with Gasteiger partial charge in [-0.15, -0.1) is 11.3 Å². The maximum absolute atomic E-state index is 10.8. The lowest BCUT2D eigenvalue weighted by atomic mass is 10.1. The van der Waals surface area contributed by atoms with Crippen molar-refractivity contribution in [2.45, 2.75) is 31.4 Å². The fourth-order valence-corrected chi connectivity index (χ4v) is 2.99. The van der Waals surface area contributed by atoms with Gasteiger partial charge in [0.15, 0.2) is 0 Å². The number of aliphatic hydroxyl groups excluding tert-OH is 1. The smallest absolute Gasteiger partial charge is 0.312 e. The molecule has 5 heteroatoms. The third-order valence-corrected chi connectivity index (χ3v) is 3.64. The molecule has 2 rings (SSSR count). The van der Waals surface area contributed by atoms with Crippen LogP contribution in [0.5, 0.6) is 0 Å². The molecule has 1 aliphatic rings. The highest BCUT2D eigenvalue weighted by atomic mass is 32.1. The molecule has 0 bridgehead atoms. The summed E-state index contributed by atoms with van der Waals surface area (Å²) in [7, 11) is 0. The van der Waals surface area contributed by atoms with Gasteiger partial charge in [0.25, 0.3) is 0 Å². The second kappa shape index (κ2) is 4.20. The lowest BCUT2D eigenvalue weighted by Crippen LogP contribution is -2.33. The number of aliphatic hydroxyl groups is 1. The summed E-state index contributed by atoms with van der Waals surface area (Å²) in [4.78, 5) is 12.0. The Labute approximate surface area is 92.1 Å². The van der Waals surface area contributed by atoms with Gasteiger partial charge in [0.05, 0.1) is 12.1 Å². The van der Waals surface area contributed by atoms with Gasteiger partial charge in [-0.2, -0.15) is 0 Å². The minimum absolute atomic E-state index is 0.0408. The third-order valence-electron chi connectivity index (χ3n) is 2.68. The molecule has 0 unspecified atom stereocenters. The average molecular weight is 226 g/mol. The Morgan fingerprint density at radius 2 is 2.40 bits per heavy atom. The van der Waals surface area contributed by atoms with Crippen LogP contribution in [-0.4, -0.2) is 17.2 Å². The van der Waals surface area contributed by atoms with Gasteiger partial charge in [-0.25, -0.2) is 4.79 Å². The van der Waals surface area contributed by atoms with Crippen LogP contribution in [0.3, 0.4) is 0 Å². The summed E-state index contributed by atoms with van der Waals surface area (Å²) in [6.45, 7) is 0. The minimum Gasteiger partial charge on any atom is -0.393 e. The number of carbonyl (C=O) groups is 1. The second-order valence-corrected chi connectivity index (χ2v) is 4.80. The molecule has 15 heavy (non-hydrogen) atoms. The number of thiophene rings is 1. The molecule has 1 aliphatic carbocycles. The highest BCUT2D eigenvalue weighted by Crippen LogP contribution is 2.32. The first-order chi connectivity index (χ1) is 7.16. The Kier molecular flexibility index (Phi) is 2.93. The first-order valence-corrected chi connectivity index (χ1v) is 5.85. The zero-order valence-electron chi connectivity index (χ0n) is 8.27. The summed E-state index contributed by atoms with van der Waals surface area (Å²) in [5.41, 5.74) is 6.23. The first kappa shape index (κ1) is 10.4. The molecule has 0 radical (unpaired) electrons. The number of carbonyl (C=O) groups excluding carboxylic acids is 1. The molecule has 1 aromatic rings. The minimum atomic E-state index is -0.506. The van der Waals surface area contributed by atoms with Gasteiger partial charge < -0.3 is 16.2 Å². The highest BCUT2D eigenvalue weighted by molar-refractivity contribution is 7.10. The number of nitrogens with one attached hydrogen (secondary N) is 1. The average Bonchev–Trinajstić information content (AvgIpc) is 2.55. The van der Waals surface area contributed by atoms with E-state index in [2.05, 4.69) is 5.32 Å². The summed E-state index contributed by atoms with van der Waals surface area (Å²) in [6.07, 6.45) is 1.83. The summed E-state index contributed by atoms with van der Waals surface area (Å²) in [6, 6.07) is 1.45. The van der Waals surface area contributed by atoms with E-state index in [1.807, 2.05) is 11.4 Å². The molecule has 1 heterocycles. The second-order valence-electron chi connectivity index (χ2n) is 3.80. The van der Waals surface area contributed by atoms with E-state index in [0.29, 0.717) is 12.8 Å². The van der Waals surface area contributed by atoms with Crippen molar-refractivity contribution in [3.63, 3.8) is 0 Å². The van der Waals surface area contributed by atoms with E-state index in [0.717, 1.165) is 16.9 Å². The van der Waals surface area contributed by atoms with Crippen LogP contribution in [-0.2, 0) is 6.42 Å². The third kappa shape index (κ3) is 2.30. The molecule has 0 saturated heterocycles. The van der Waals surface area contributed by atoms with Crippen LogP contribution in [0.15, 0.2) is 11.4 Å². The van der Waals surface area contributed by atoms with Gasteiger partial charge in [0, 0.05) is 11.3 Å². The van der Waals surface area contributed by atoms with Crippen molar-refractivity contribution < 1.29 is 9.90 Å². The van der Waals surface area contributed by atoms with Crippen molar-refractivity contribution in [2.75, 3.05) is 0 Å². The summed E-state index contributed by atoms with van der Waals surface area (Å²) < 4.78 is 0. The van der Waals surface area contributed by atoms with Crippen molar-refractivity contribution in [2.24, 2.45) is 5.73 Å². The molecule has 2 atom stereocenters. The molecular formula is C10H14N2O2S. The van der Waals surface area contributed by atoms with E-state index in [1.165, 1.54) is 0 Å². The van der Waals surface area contributed by atoms with Crippen molar-refractivity contribution in [1.82, 2.24) is 5.32 Å². The van der Waals surface area contributed by atoms with E-state index >= 15 is 0 Å². The van der Waals surface area contributed by atoms with Crippen molar-refractivity contribution in [3.8, 4) is 0 Å².